The molecule has 2 rings (SSSR count). The molecule has 102 valence electrons. The molecule has 7 heteroatoms. The predicted molar refractivity (Wildman–Crippen MR) is 82.2 cm³/mol. The molecule has 0 aromatic carbocycles. The maximum absolute atomic E-state index is 4.44. The van der Waals surface area contributed by atoms with Crippen LogP contribution in [-0.4, -0.2) is 27.8 Å². The molecule has 0 aliphatic rings. The highest BCUT2D eigenvalue weighted by atomic mass is 32.2. The van der Waals surface area contributed by atoms with E-state index in [0.717, 1.165) is 34.9 Å². The molecular formula is C12H17N5S2. The van der Waals surface area contributed by atoms with E-state index >= 15 is 0 Å². The maximum Gasteiger partial charge on any atom is 0.191 e. The van der Waals surface area contributed by atoms with Gasteiger partial charge in [-0.3, -0.25) is 0 Å². The van der Waals surface area contributed by atoms with E-state index in [0.29, 0.717) is 0 Å². The van der Waals surface area contributed by atoms with Gasteiger partial charge in [-0.1, -0.05) is 11.8 Å². The van der Waals surface area contributed by atoms with Crippen LogP contribution in [0.15, 0.2) is 17.4 Å². The SMILES string of the molecule is CCNc1cc(NCc2cnc(C)s2)nc(SC)n1. The molecule has 0 saturated carbocycles. The normalized spacial score (nSPS) is 10.5. The zero-order chi connectivity index (χ0) is 13.7. The van der Waals surface area contributed by atoms with Gasteiger partial charge >= 0.3 is 0 Å². The Labute approximate surface area is 121 Å². The average molecular weight is 295 g/mol. The second-order valence-electron chi connectivity index (χ2n) is 3.85. The fourth-order valence-electron chi connectivity index (χ4n) is 1.54. The van der Waals surface area contributed by atoms with E-state index in [1.54, 1.807) is 11.3 Å². The summed E-state index contributed by atoms with van der Waals surface area (Å²) in [6.45, 7) is 5.64. The molecule has 5 nitrogen and oxygen atoms in total. The Morgan fingerprint density at radius 2 is 2.00 bits per heavy atom. The summed E-state index contributed by atoms with van der Waals surface area (Å²) in [5.41, 5.74) is 0. The second kappa shape index (κ2) is 6.72. The van der Waals surface area contributed by atoms with Crippen molar-refractivity contribution in [3.05, 3.63) is 22.1 Å². The molecule has 0 aliphatic heterocycles. The summed E-state index contributed by atoms with van der Waals surface area (Å²) >= 11 is 3.23. The van der Waals surface area contributed by atoms with Gasteiger partial charge in [-0.25, -0.2) is 15.0 Å². The first-order valence-electron chi connectivity index (χ1n) is 6.03. The third kappa shape index (κ3) is 4.07. The van der Waals surface area contributed by atoms with Gasteiger partial charge in [0.15, 0.2) is 5.16 Å². The van der Waals surface area contributed by atoms with Gasteiger partial charge in [-0.15, -0.1) is 11.3 Å². The van der Waals surface area contributed by atoms with Crippen LogP contribution in [0.2, 0.25) is 0 Å². The molecule has 0 fully saturated rings. The molecule has 2 aromatic rings. The molecule has 0 saturated heterocycles. The van der Waals surface area contributed by atoms with Gasteiger partial charge < -0.3 is 10.6 Å². The number of nitrogens with one attached hydrogen (secondary N) is 2. The number of nitrogens with zero attached hydrogens (tertiary/aromatic N) is 3. The van der Waals surface area contributed by atoms with Gasteiger partial charge in [-0.05, 0) is 20.1 Å². The summed E-state index contributed by atoms with van der Waals surface area (Å²) in [6, 6.07) is 1.93. The molecule has 2 aromatic heterocycles. The quantitative estimate of drug-likeness (QED) is 0.631. The average Bonchev–Trinajstić information content (AvgIpc) is 2.82. The van der Waals surface area contributed by atoms with E-state index < -0.39 is 0 Å². The van der Waals surface area contributed by atoms with Crippen LogP contribution in [0.1, 0.15) is 16.8 Å². The molecule has 0 radical (unpaired) electrons. The largest absolute Gasteiger partial charge is 0.370 e. The van der Waals surface area contributed by atoms with Crippen molar-refractivity contribution in [3.8, 4) is 0 Å². The Morgan fingerprint density at radius 1 is 1.26 bits per heavy atom. The number of rotatable bonds is 6. The minimum Gasteiger partial charge on any atom is -0.370 e. The monoisotopic (exact) mass is 295 g/mol. The zero-order valence-corrected chi connectivity index (χ0v) is 12.9. The molecule has 0 aliphatic carbocycles. The van der Waals surface area contributed by atoms with Gasteiger partial charge in [0.25, 0.3) is 0 Å². The van der Waals surface area contributed by atoms with Crippen molar-refractivity contribution < 1.29 is 0 Å². The number of thioether (sulfide) groups is 1. The van der Waals surface area contributed by atoms with Crippen molar-refractivity contribution in [1.29, 1.82) is 0 Å². The standard InChI is InChI=1S/C12H17N5S2/c1-4-13-10-5-11(17-12(16-10)18-3)15-7-9-6-14-8(2)19-9/h5-6H,4,7H2,1-3H3,(H2,13,15,16,17). The van der Waals surface area contributed by atoms with Crippen molar-refractivity contribution in [2.24, 2.45) is 0 Å². The number of aryl methyl sites for hydroxylation is 1. The highest BCUT2D eigenvalue weighted by Crippen LogP contribution is 2.19. The lowest BCUT2D eigenvalue weighted by molar-refractivity contribution is 0.952. The van der Waals surface area contributed by atoms with E-state index in [9.17, 15) is 0 Å². The van der Waals surface area contributed by atoms with E-state index in [4.69, 9.17) is 0 Å². The Morgan fingerprint density at radius 3 is 2.58 bits per heavy atom. The van der Waals surface area contributed by atoms with Crippen LogP contribution in [-0.2, 0) is 6.54 Å². The summed E-state index contributed by atoms with van der Waals surface area (Å²) < 4.78 is 0. The molecule has 0 bridgehead atoms. The van der Waals surface area contributed by atoms with Crippen LogP contribution in [0.4, 0.5) is 11.6 Å². The Kier molecular flexibility index (Phi) is 4.98. The van der Waals surface area contributed by atoms with Crippen molar-refractivity contribution in [3.63, 3.8) is 0 Å². The van der Waals surface area contributed by atoms with E-state index in [1.165, 1.54) is 16.6 Å². The predicted octanol–water partition coefficient (Wildman–Crippen LogP) is 3.01. The molecule has 0 spiro atoms. The Bertz CT molecular complexity index is 541. The topological polar surface area (TPSA) is 62.7 Å². The molecule has 0 atom stereocenters. The van der Waals surface area contributed by atoms with Crippen LogP contribution in [0.3, 0.4) is 0 Å². The van der Waals surface area contributed by atoms with E-state index in [1.807, 2.05) is 32.4 Å². The summed E-state index contributed by atoms with van der Waals surface area (Å²) in [6.07, 6.45) is 3.87. The fraction of sp³-hybridized carbons (Fsp3) is 0.417. The molecule has 19 heavy (non-hydrogen) atoms. The van der Waals surface area contributed by atoms with Gasteiger partial charge in [0.1, 0.15) is 11.6 Å². The number of thiazole rings is 1. The third-order valence-corrected chi connectivity index (χ3v) is 3.82. The summed E-state index contributed by atoms with van der Waals surface area (Å²) in [4.78, 5) is 14.3. The first kappa shape index (κ1) is 14.1. The summed E-state index contributed by atoms with van der Waals surface area (Å²) in [5, 5.41) is 8.37. The molecular weight excluding hydrogens is 278 g/mol. The van der Waals surface area contributed by atoms with Crippen LogP contribution < -0.4 is 10.6 Å². The molecule has 2 heterocycles. The van der Waals surface area contributed by atoms with Gasteiger partial charge in [0.05, 0.1) is 11.6 Å². The maximum atomic E-state index is 4.44. The van der Waals surface area contributed by atoms with Crippen LogP contribution in [0.5, 0.6) is 0 Å². The van der Waals surface area contributed by atoms with Gasteiger partial charge in [0.2, 0.25) is 0 Å². The van der Waals surface area contributed by atoms with Crippen LogP contribution in [0.25, 0.3) is 0 Å². The highest BCUT2D eigenvalue weighted by Gasteiger charge is 2.04. The highest BCUT2D eigenvalue weighted by molar-refractivity contribution is 7.98. The lowest BCUT2D eigenvalue weighted by Crippen LogP contribution is -2.05. The first-order chi connectivity index (χ1) is 9.21. The van der Waals surface area contributed by atoms with Crippen LogP contribution in [0, 0.1) is 6.92 Å². The van der Waals surface area contributed by atoms with Crippen LogP contribution >= 0.6 is 23.1 Å². The molecule has 0 amide bonds. The van der Waals surface area contributed by atoms with Gasteiger partial charge in [0, 0.05) is 23.7 Å². The van der Waals surface area contributed by atoms with E-state index in [-0.39, 0.29) is 0 Å². The Balaban J connectivity index is 2.08. The zero-order valence-electron chi connectivity index (χ0n) is 11.2. The third-order valence-electron chi connectivity index (χ3n) is 2.36. The number of hydrogen-bond acceptors (Lipinski definition) is 7. The van der Waals surface area contributed by atoms with Gasteiger partial charge in [-0.2, -0.15) is 0 Å². The lowest BCUT2D eigenvalue weighted by Gasteiger charge is -2.08. The second-order valence-corrected chi connectivity index (χ2v) is 5.95. The Hall–Kier alpha value is -1.34. The lowest BCUT2D eigenvalue weighted by atomic mass is 10.4. The number of hydrogen-bond donors (Lipinski definition) is 2. The first-order valence-corrected chi connectivity index (χ1v) is 8.07. The van der Waals surface area contributed by atoms with Crippen molar-refractivity contribution in [2.45, 2.75) is 25.5 Å². The number of anilines is 2. The van der Waals surface area contributed by atoms with Crippen molar-refractivity contribution >= 4 is 34.7 Å². The smallest absolute Gasteiger partial charge is 0.191 e. The van der Waals surface area contributed by atoms with E-state index in [2.05, 4.69) is 25.6 Å². The minimum absolute atomic E-state index is 0.738. The minimum atomic E-state index is 0.738. The fourth-order valence-corrected chi connectivity index (χ4v) is 2.66. The summed E-state index contributed by atoms with van der Waals surface area (Å²) in [5.74, 6) is 1.69. The molecule has 2 N–H and O–H groups in total. The number of aromatic nitrogens is 3. The van der Waals surface area contributed by atoms with Crippen molar-refractivity contribution in [1.82, 2.24) is 15.0 Å². The molecule has 0 unspecified atom stereocenters. The van der Waals surface area contributed by atoms with Crippen molar-refractivity contribution in [2.75, 3.05) is 23.4 Å². The summed E-state index contributed by atoms with van der Waals surface area (Å²) in [7, 11) is 0.